The number of hydrogen-bond acceptors (Lipinski definition) is 7. The molecule has 17 heavy (non-hydrogen) atoms. The van der Waals surface area contributed by atoms with Crippen molar-refractivity contribution in [2.45, 2.75) is 19.4 Å². The molecule has 0 saturated carbocycles. The summed E-state index contributed by atoms with van der Waals surface area (Å²) in [4.78, 5) is 21.8. The van der Waals surface area contributed by atoms with Crippen LogP contribution < -0.4 is 5.32 Å². The van der Waals surface area contributed by atoms with Crippen LogP contribution in [0.2, 0.25) is 0 Å². The summed E-state index contributed by atoms with van der Waals surface area (Å²) in [5.74, 6) is 0.176. The Hall–Kier alpha value is -0.890. The van der Waals surface area contributed by atoms with Gasteiger partial charge in [-0.2, -0.15) is 12.6 Å². The molecule has 0 amide bonds. The predicted octanol–water partition coefficient (Wildman–Crippen LogP) is 1.02. The molecule has 0 aromatic heterocycles. The van der Waals surface area contributed by atoms with Gasteiger partial charge in [0, 0.05) is 18.1 Å². The largest absolute Gasteiger partial charge is 0.454 e. The minimum absolute atomic E-state index is 0.289. The molecular weight excluding hydrogens is 264 g/mol. The molecule has 0 spiro atoms. The molecule has 6 nitrogen and oxygen atoms in total. The highest BCUT2D eigenvalue weighted by molar-refractivity contribution is 8.03. The fraction of sp³-hybridized carbons (Fsp3) is 0.667. The zero-order valence-corrected chi connectivity index (χ0v) is 11.1. The van der Waals surface area contributed by atoms with Gasteiger partial charge < -0.3 is 10.1 Å². The first-order chi connectivity index (χ1) is 8.06. The van der Waals surface area contributed by atoms with Crippen molar-refractivity contribution in [3.8, 4) is 0 Å². The number of nitro groups is 1. The zero-order chi connectivity index (χ0) is 12.8. The standard InChI is InChI=1S/C9H14N2O4S2/c1-6(5-16)15-9(12)7(11(13)14)8-10-3-2-4-17-8/h6,10,16H,2-5H2,1H3. The maximum atomic E-state index is 11.6. The number of esters is 1. The van der Waals surface area contributed by atoms with Gasteiger partial charge in [-0.3, -0.25) is 10.1 Å². The Morgan fingerprint density at radius 1 is 1.76 bits per heavy atom. The molecule has 1 aliphatic heterocycles. The Morgan fingerprint density at radius 2 is 2.47 bits per heavy atom. The number of ether oxygens (including phenoxy) is 1. The molecule has 96 valence electrons. The molecule has 1 N–H and O–H groups in total. The molecule has 1 heterocycles. The van der Waals surface area contributed by atoms with Crippen LogP contribution >= 0.6 is 24.4 Å². The van der Waals surface area contributed by atoms with Crippen LogP contribution in [0.15, 0.2) is 10.7 Å². The third-order valence-electron chi connectivity index (χ3n) is 2.01. The molecule has 1 rings (SSSR count). The third-order valence-corrected chi connectivity index (χ3v) is 3.64. The van der Waals surface area contributed by atoms with Gasteiger partial charge in [-0.1, -0.05) is 0 Å². The number of thioether (sulfide) groups is 1. The Labute approximate surface area is 109 Å². The molecule has 1 aliphatic rings. The second kappa shape index (κ2) is 6.75. The fourth-order valence-corrected chi connectivity index (χ4v) is 2.24. The minimum Gasteiger partial charge on any atom is -0.454 e. The highest BCUT2D eigenvalue weighted by Gasteiger charge is 2.31. The first kappa shape index (κ1) is 14.2. The van der Waals surface area contributed by atoms with Crippen molar-refractivity contribution in [3.63, 3.8) is 0 Å². The van der Waals surface area contributed by atoms with Crippen LogP contribution in [-0.2, 0) is 9.53 Å². The highest BCUT2D eigenvalue weighted by atomic mass is 32.2. The summed E-state index contributed by atoms with van der Waals surface area (Å²) in [6.07, 6.45) is 0.469. The summed E-state index contributed by atoms with van der Waals surface area (Å²) >= 11 is 5.22. The van der Waals surface area contributed by atoms with E-state index in [1.807, 2.05) is 0 Å². The first-order valence-electron chi connectivity index (χ1n) is 5.13. The summed E-state index contributed by atoms with van der Waals surface area (Å²) in [5.41, 5.74) is -0.511. The smallest absolute Gasteiger partial charge is 0.413 e. The van der Waals surface area contributed by atoms with E-state index in [-0.39, 0.29) is 5.03 Å². The SMILES string of the molecule is CC(CS)OC(=O)C(=C1NCCCS1)[N+](=O)[O-]. The average molecular weight is 278 g/mol. The Morgan fingerprint density at radius 3 is 2.94 bits per heavy atom. The van der Waals surface area contributed by atoms with Crippen LogP contribution in [0.1, 0.15) is 13.3 Å². The van der Waals surface area contributed by atoms with Crippen LogP contribution in [-0.4, -0.2) is 35.0 Å². The topological polar surface area (TPSA) is 81.5 Å². The lowest BCUT2D eigenvalue weighted by Crippen LogP contribution is -2.28. The molecule has 1 unspecified atom stereocenters. The van der Waals surface area contributed by atoms with E-state index in [2.05, 4.69) is 17.9 Å². The number of rotatable bonds is 4. The number of thiol groups is 1. The molecule has 1 fully saturated rings. The van der Waals surface area contributed by atoms with Crippen LogP contribution in [0.5, 0.6) is 0 Å². The molecule has 1 atom stereocenters. The Bertz CT molecular complexity index is 338. The van der Waals surface area contributed by atoms with Gasteiger partial charge in [0.05, 0.1) is 4.92 Å². The molecule has 0 aliphatic carbocycles. The maximum Gasteiger partial charge on any atom is 0.413 e. The lowest BCUT2D eigenvalue weighted by molar-refractivity contribution is -0.422. The number of nitrogens with one attached hydrogen (secondary N) is 1. The predicted molar refractivity (Wildman–Crippen MR) is 68.5 cm³/mol. The second-order valence-corrected chi connectivity index (χ2v) is 4.93. The summed E-state index contributed by atoms with van der Waals surface area (Å²) in [5, 5.41) is 14.0. The minimum atomic E-state index is -0.909. The Balaban J connectivity index is 2.84. The van der Waals surface area contributed by atoms with E-state index in [9.17, 15) is 14.9 Å². The van der Waals surface area contributed by atoms with Gasteiger partial charge in [0.2, 0.25) is 0 Å². The van der Waals surface area contributed by atoms with Gasteiger partial charge in [0.25, 0.3) is 0 Å². The van der Waals surface area contributed by atoms with Crippen LogP contribution in [0.3, 0.4) is 0 Å². The molecule has 0 aromatic rings. The third kappa shape index (κ3) is 4.12. The lowest BCUT2D eigenvalue weighted by Gasteiger charge is -2.16. The molecule has 8 heteroatoms. The maximum absolute atomic E-state index is 11.6. The van der Waals surface area contributed by atoms with Gasteiger partial charge in [0.1, 0.15) is 6.10 Å². The van der Waals surface area contributed by atoms with Gasteiger partial charge in [-0.15, -0.1) is 11.8 Å². The van der Waals surface area contributed by atoms with Crippen molar-refractivity contribution < 1.29 is 14.5 Å². The summed E-state index contributed by atoms with van der Waals surface area (Å²) < 4.78 is 4.91. The normalized spacial score (nSPS) is 20.1. The molecule has 1 saturated heterocycles. The van der Waals surface area contributed by atoms with Crippen LogP contribution in [0.25, 0.3) is 0 Å². The number of hydrogen-bond donors (Lipinski definition) is 2. The van der Waals surface area contributed by atoms with Gasteiger partial charge in [-0.25, -0.2) is 4.79 Å². The van der Waals surface area contributed by atoms with E-state index in [1.54, 1.807) is 6.92 Å². The van der Waals surface area contributed by atoms with Crippen LogP contribution in [0.4, 0.5) is 0 Å². The quantitative estimate of drug-likeness (QED) is 0.263. The molecule has 0 bridgehead atoms. The van der Waals surface area contributed by atoms with Crippen molar-refractivity contribution in [1.82, 2.24) is 5.32 Å². The Kier molecular flexibility index (Phi) is 5.63. The van der Waals surface area contributed by atoms with Crippen molar-refractivity contribution in [2.24, 2.45) is 0 Å². The van der Waals surface area contributed by atoms with Crippen LogP contribution in [0, 0.1) is 10.1 Å². The van der Waals surface area contributed by atoms with E-state index in [1.165, 1.54) is 11.8 Å². The number of nitrogens with zero attached hydrogens (tertiary/aromatic N) is 1. The summed E-state index contributed by atoms with van der Waals surface area (Å²) in [6.45, 7) is 2.27. The van der Waals surface area contributed by atoms with E-state index >= 15 is 0 Å². The number of carbonyl (C=O) groups excluding carboxylic acids is 1. The average Bonchev–Trinajstić information content (AvgIpc) is 2.29. The summed E-state index contributed by atoms with van der Waals surface area (Å²) in [6, 6.07) is 0. The zero-order valence-electron chi connectivity index (χ0n) is 9.34. The van der Waals surface area contributed by atoms with E-state index in [0.717, 1.165) is 12.2 Å². The molecule has 0 radical (unpaired) electrons. The van der Waals surface area contributed by atoms with Gasteiger partial charge >= 0.3 is 11.7 Å². The molecular formula is C9H14N2O4S2. The lowest BCUT2D eigenvalue weighted by atomic mass is 10.4. The van der Waals surface area contributed by atoms with E-state index < -0.39 is 22.7 Å². The van der Waals surface area contributed by atoms with E-state index in [0.29, 0.717) is 12.3 Å². The first-order valence-corrected chi connectivity index (χ1v) is 6.75. The van der Waals surface area contributed by atoms with E-state index in [4.69, 9.17) is 4.74 Å². The fourth-order valence-electron chi connectivity index (χ4n) is 1.18. The van der Waals surface area contributed by atoms with Crippen molar-refractivity contribution in [3.05, 3.63) is 20.8 Å². The number of carbonyl (C=O) groups is 1. The molecule has 0 aromatic carbocycles. The summed E-state index contributed by atoms with van der Waals surface area (Å²) in [7, 11) is 0. The van der Waals surface area contributed by atoms with Crippen molar-refractivity contribution in [2.75, 3.05) is 18.1 Å². The van der Waals surface area contributed by atoms with Crippen molar-refractivity contribution >= 4 is 30.4 Å². The second-order valence-electron chi connectivity index (χ2n) is 3.46. The van der Waals surface area contributed by atoms with Crippen molar-refractivity contribution in [1.29, 1.82) is 0 Å². The van der Waals surface area contributed by atoms with Gasteiger partial charge in [0.15, 0.2) is 5.03 Å². The monoisotopic (exact) mass is 278 g/mol. The highest BCUT2D eigenvalue weighted by Crippen LogP contribution is 2.23. The van der Waals surface area contributed by atoms with Gasteiger partial charge in [-0.05, 0) is 13.3 Å².